The average Bonchev–Trinajstić information content (AvgIpc) is 3.15. The van der Waals surface area contributed by atoms with Crippen molar-refractivity contribution in [1.82, 2.24) is 4.90 Å². The van der Waals surface area contributed by atoms with Crippen LogP contribution in [-0.4, -0.2) is 44.2 Å². The van der Waals surface area contributed by atoms with Gasteiger partial charge in [0.25, 0.3) is 0 Å². The highest BCUT2D eigenvalue weighted by Gasteiger charge is 2.21. The first kappa shape index (κ1) is 21.9. The molecule has 1 saturated heterocycles. The van der Waals surface area contributed by atoms with Crippen LogP contribution in [0.2, 0.25) is 0 Å². The number of rotatable bonds is 7. The van der Waals surface area contributed by atoms with Crippen LogP contribution >= 0.6 is 12.4 Å². The fourth-order valence-corrected chi connectivity index (χ4v) is 4.54. The molecule has 29 heavy (non-hydrogen) atoms. The van der Waals surface area contributed by atoms with Crippen molar-refractivity contribution in [3.63, 3.8) is 0 Å². The van der Waals surface area contributed by atoms with Crippen LogP contribution in [-0.2, 0) is 6.42 Å². The minimum atomic E-state index is -0.170. The van der Waals surface area contributed by atoms with E-state index in [4.69, 9.17) is 4.74 Å². The van der Waals surface area contributed by atoms with Gasteiger partial charge in [-0.15, -0.1) is 12.4 Å². The maximum atomic E-state index is 13.1. The van der Waals surface area contributed by atoms with Gasteiger partial charge in [-0.05, 0) is 79.1 Å². The van der Waals surface area contributed by atoms with E-state index in [1.165, 1.54) is 30.4 Å². The highest BCUT2D eigenvalue weighted by molar-refractivity contribution is 5.85. The van der Waals surface area contributed by atoms with Gasteiger partial charge in [-0.25, -0.2) is 4.39 Å². The second kappa shape index (κ2) is 10.3. The molecule has 0 spiro atoms. The van der Waals surface area contributed by atoms with Crippen molar-refractivity contribution in [2.24, 2.45) is 0 Å². The molecule has 1 atom stereocenters. The van der Waals surface area contributed by atoms with E-state index in [0.29, 0.717) is 0 Å². The summed E-state index contributed by atoms with van der Waals surface area (Å²) in [6.45, 7) is 8.21. The number of hydrogen-bond donors (Lipinski definition) is 0. The van der Waals surface area contributed by atoms with Gasteiger partial charge in [-0.3, -0.25) is 4.90 Å². The molecule has 0 bridgehead atoms. The SMILES string of the molecule is CCC1CCc2ccc(OCCCN3CCN(c4ccc(F)cc4)CC3)cc21.Cl. The summed E-state index contributed by atoms with van der Waals surface area (Å²) in [5, 5.41) is 0. The molecule has 1 aliphatic heterocycles. The molecule has 0 saturated carbocycles. The molecule has 0 N–H and O–H groups in total. The van der Waals surface area contributed by atoms with E-state index in [1.54, 1.807) is 12.1 Å². The molecular weight excluding hydrogens is 387 g/mol. The number of piperazine rings is 1. The third kappa shape index (κ3) is 5.43. The first-order valence-corrected chi connectivity index (χ1v) is 10.7. The van der Waals surface area contributed by atoms with Gasteiger partial charge in [0, 0.05) is 38.4 Å². The quantitative estimate of drug-likeness (QED) is 0.569. The smallest absolute Gasteiger partial charge is 0.123 e. The molecule has 5 heteroatoms. The van der Waals surface area contributed by atoms with E-state index in [2.05, 4.69) is 34.9 Å². The summed E-state index contributed by atoms with van der Waals surface area (Å²) in [7, 11) is 0. The molecule has 2 aliphatic rings. The lowest BCUT2D eigenvalue weighted by atomic mass is 9.99. The second-order valence-corrected chi connectivity index (χ2v) is 8.01. The summed E-state index contributed by atoms with van der Waals surface area (Å²) >= 11 is 0. The Morgan fingerprint density at radius 2 is 1.79 bits per heavy atom. The third-order valence-corrected chi connectivity index (χ3v) is 6.26. The Hall–Kier alpha value is -1.78. The predicted molar refractivity (Wildman–Crippen MR) is 120 cm³/mol. The van der Waals surface area contributed by atoms with Crippen LogP contribution in [0.25, 0.3) is 0 Å². The maximum absolute atomic E-state index is 13.1. The molecule has 1 unspecified atom stereocenters. The molecule has 4 rings (SSSR count). The number of ether oxygens (including phenoxy) is 1. The Bertz CT molecular complexity index is 775. The minimum Gasteiger partial charge on any atom is -0.494 e. The Morgan fingerprint density at radius 3 is 2.52 bits per heavy atom. The minimum absolute atomic E-state index is 0. The molecule has 0 amide bonds. The summed E-state index contributed by atoms with van der Waals surface area (Å²) in [6.07, 6.45) is 4.78. The number of fused-ring (bicyclic) bond motifs is 1. The number of halogens is 2. The summed E-state index contributed by atoms with van der Waals surface area (Å²) < 4.78 is 19.1. The summed E-state index contributed by atoms with van der Waals surface area (Å²) in [5.41, 5.74) is 4.14. The fraction of sp³-hybridized carbons (Fsp3) is 0.500. The third-order valence-electron chi connectivity index (χ3n) is 6.26. The van der Waals surface area contributed by atoms with Crippen LogP contribution in [0.3, 0.4) is 0 Å². The summed E-state index contributed by atoms with van der Waals surface area (Å²) in [6, 6.07) is 13.5. The molecule has 1 aliphatic carbocycles. The standard InChI is InChI=1S/C24H31FN2O.ClH/c1-2-19-4-5-20-6-11-23(18-24(19)20)28-17-3-12-26-13-15-27(16-14-26)22-9-7-21(25)8-10-22;/h6-11,18-19H,2-5,12-17H2,1H3;1H. The molecule has 158 valence electrons. The van der Waals surface area contributed by atoms with Gasteiger partial charge in [-0.1, -0.05) is 13.0 Å². The number of nitrogens with zero attached hydrogens (tertiary/aromatic N) is 2. The van der Waals surface area contributed by atoms with Crippen molar-refractivity contribution in [3.8, 4) is 5.75 Å². The average molecular weight is 419 g/mol. The van der Waals surface area contributed by atoms with Gasteiger partial charge < -0.3 is 9.64 Å². The zero-order valence-electron chi connectivity index (χ0n) is 17.3. The monoisotopic (exact) mass is 418 g/mol. The first-order valence-electron chi connectivity index (χ1n) is 10.7. The molecule has 2 aromatic rings. The van der Waals surface area contributed by atoms with Crippen LogP contribution in [0.4, 0.5) is 10.1 Å². The van der Waals surface area contributed by atoms with Crippen molar-refractivity contribution in [1.29, 1.82) is 0 Å². The van der Waals surface area contributed by atoms with Crippen molar-refractivity contribution >= 4 is 18.1 Å². The van der Waals surface area contributed by atoms with Crippen LogP contribution in [0, 0.1) is 5.82 Å². The maximum Gasteiger partial charge on any atom is 0.123 e. The van der Waals surface area contributed by atoms with Gasteiger partial charge in [0.2, 0.25) is 0 Å². The summed E-state index contributed by atoms with van der Waals surface area (Å²) in [5.74, 6) is 1.58. The van der Waals surface area contributed by atoms with Gasteiger partial charge in [-0.2, -0.15) is 0 Å². The molecule has 0 aromatic heterocycles. The highest BCUT2D eigenvalue weighted by atomic mass is 35.5. The molecule has 1 heterocycles. The van der Waals surface area contributed by atoms with E-state index in [1.807, 2.05) is 12.1 Å². The Morgan fingerprint density at radius 1 is 1.03 bits per heavy atom. The van der Waals surface area contributed by atoms with Crippen molar-refractivity contribution < 1.29 is 9.13 Å². The van der Waals surface area contributed by atoms with Crippen LogP contribution < -0.4 is 9.64 Å². The normalized spacial score (nSPS) is 19.0. The topological polar surface area (TPSA) is 15.7 Å². The lowest BCUT2D eigenvalue weighted by molar-refractivity contribution is 0.224. The molecule has 1 fully saturated rings. The van der Waals surface area contributed by atoms with E-state index in [0.717, 1.165) is 63.1 Å². The number of hydrogen-bond acceptors (Lipinski definition) is 3. The van der Waals surface area contributed by atoms with Gasteiger partial charge in [0.1, 0.15) is 11.6 Å². The van der Waals surface area contributed by atoms with E-state index in [-0.39, 0.29) is 18.2 Å². The van der Waals surface area contributed by atoms with Crippen molar-refractivity contribution in [3.05, 3.63) is 59.4 Å². The number of benzene rings is 2. The van der Waals surface area contributed by atoms with Crippen LogP contribution in [0.5, 0.6) is 5.75 Å². The molecular formula is C24H32ClFN2O. The van der Waals surface area contributed by atoms with E-state index < -0.39 is 0 Å². The van der Waals surface area contributed by atoms with Crippen LogP contribution in [0.15, 0.2) is 42.5 Å². The molecule has 3 nitrogen and oxygen atoms in total. The lowest BCUT2D eigenvalue weighted by Gasteiger charge is -2.36. The van der Waals surface area contributed by atoms with Crippen LogP contribution in [0.1, 0.15) is 43.2 Å². The fourth-order valence-electron chi connectivity index (χ4n) is 4.54. The number of anilines is 1. The summed E-state index contributed by atoms with van der Waals surface area (Å²) in [4.78, 5) is 4.83. The number of aryl methyl sites for hydroxylation is 1. The van der Waals surface area contributed by atoms with Crippen molar-refractivity contribution in [2.45, 2.75) is 38.5 Å². The first-order chi connectivity index (χ1) is 13.7. The van der Waals surface area contributed by atoms with Gasteiger partial charge >= 0.3 is 0 Å². The zero-order chi connectivity index (χ0) is 19.3. The molecule has 0 radical (unpaired) electrons. The van der Waals surface area contributed by atoms with Gasteiger partial charge in [0.05, 0.1) is 6.61 Å². The largest absolute Gasteiger partial charge is 0.494 e. The van der Waals surface area contributed by atoms with E-state index in [9.17, 15) is 4.39 Å². The lowest BCUT2D eigenvalue weighted by Crippen LogP contribution is -2.46. The Kier molecular flexibility index (Phi) is 7.79. The van der Waals surface area contributed by atoms with Crippen molar-refractivity contribution in [2.75, 3.05) is 44.2 Å². The Balaban J connectivity index is 0.00000240. The second-order valence-electron chi connectivity index (χ2n) is 8.01. The van der Waals surface area contributed by atoms with E-state index >= 15 is 0 Å². The highest BCUT2D eigenvalue weighted by Crippen LogP contribution is 2.37. The predicted octanol–water partition coefficient (Wildman–Crippen LogP) is 5.28. The zero-order valence-corrected chi connectivity index (χ0v) is 18.1. The Labute approximate surface area is 180 Å². The van der Waals surface area contributed by atoms with Gasteiger partial charge in [0.15, 0.2) is 0 Å². The molecule has 2 aromatic carbocycles.